The van der Waals surface area contributed by atoms with Crippen LogP contribution in [0.5, 0.6) is 5.88 Å². The Balaban J connectivity index is 0.00000408. The molecule has 34 heavy (non-hydrogen) atoms. The fourth-order valence-electron chi connectivity index (χ4n) is 2.86. The molecule has 0 saturated carbocycles. The number of aromatic nitrogens is 2. The number of benzene rings is 2. The first-order valence-corrected chi connectivity index (χ1v) is 8.20. The van der Waals surface area contributed by atoms with Gasteiger partial charge in [0.2, 0.25) is 11.7 Å². The number of halogens is 11. The molecule has 0 radical (unpaired) electrons. The van der Waals surface area contributed by atoms with Gasteiger partial charge in [-0.25, -0.2) is 35.1 Å². The van der Waals surface area contributed by atoms with Crippen molar-refractivity contribution in [1.82, 2.24) is 9.78 Å². The van der Waals surface area contributed by atoms with E-state index in [0.29, 0.717) is 0 Å². The second kappa shape index (κ2) is 8.97. The number of aryl methyl sites for hydroxylation is 1. The molecule has 178 valence electrons. The first kappa shape index (κ1) is 27.2. The number of hydrogen-bond donors (Lipinski definition) is 1. The van der Waals surface area contributed by atoms with Crippen molar-refractivity contribution >= 4 is 5.78 Å². The number of alkyl halides is 3. The Morgan fingerprint density at radius 3 is 1.82 bits per heavy atom. The van der Waals surface area contributed by atoms with Gasteiger partial charge in [-0.3, -0.25) is 4.79 Å². The minimum atomic E-state index is -5.87. The summed E-state index contributed by atoms with van der Waals surface area (Å²) in [6, 6.07) is -0.120. The SMILES string of the molecule is Cc1nn(-c2c(F)c(F)c(C(F)(F)F)c(F)c2F)c(O)c1C(=O)c1cc(F)c(F)c(F)c1F.[Zn]. The largest absolute Gasteiger partial charge is 0.493 e. The smallest absolute Gasteiger partial charge is 0.422 e. The molecule has 1 aromatic heterocycles. The van der Waals surface area contributed by atoms with Gasteiger partial charge in [0.25, 0.3) is 0 Å². The van der Waals surface area contributed by atoms with Gasteiger partial charge in [-0.1, -0.05) is 0 Å². The van der Waals surface area contributed by atoms with Gasteiger partial charge in [0.05, 0.1) is 11.3 Å². The van der Waals surface area contributed by atoms with Crippen molar-refractivity contribution in [2.75, 3.05) is 0 Å². The van der Waals surface area contributed by atoms with Gasteiger partial charge < -0.3 is 5.11 Å². The van der Waals surface area contributed by atoms with Gasteiger partial charge in [0, 0.05) is 19.5 Å². The van der Waals surface area contributed by atoms with Crippen LogP contribution in [0, 0.1) is 53.5 Å². The molecule has 0 aliphatic carbocycles. The summed E-state index contributed by atoms with van der Waals surface area (Å²) >= 11 is 0. The first-order chi connectivity index (χ1) is 15.1. The first-order valence-electron chi connectivity index (χ1n) is 8.20. The van der Waals surface area contributed by atoms with Gasteiger partial charge in [-0.05, 0) is 13.0 Å². The second-order valence-electron chi connectivity index (χ2n) is 6.35. The van der Waals surface area contributed by atoms with Crippen LogP contribution in [0.1, 0.15) is 27.2 Å². The summed E-state index contributed by atoms with van der Waals surface area (Å²) in [6.45, 7) is 0.796. The number of rotatable bonds is 3. The Morgan fingerprint density at radius 2 is 1.35 bits per heavy atom. The van der Waals surface area contributed by atoms with Crippen LogP contribution >= 0.6 is 0 Å². The third-order valence-corrected chi connectivity index (χ3v) is 4.35. The Morgan fingerprint density at radius 1 is 0.853 bits per heavy atom. The predicted octanol–water partition coefficient (Wildman–Crippen LogP) is 5.25. The molecule has 0 saturated heterocycles. The van der Waals surface area contributed by atoms with Crippen LogP contribution in [-0.4, -0.2) is 20.7 Å². The van der Waals surface area contributed by atoms with E-state index in [4.69, 9.17) is 0 Å². The molecule has 0 unspecified atom stereocenters. The second-order valence-corrected chi connectivity index (χ2v) is 6.35. The average molecular weight is 556 g/mol. The van der Waals surface area contributed by atoms with Gasteiger partial charge in [0.1, 0.15) is 16.8 Å². The van der Waals surface area contributed by atoms with E-state index in [1.807, 2.05) is 0 Å². The van der Waals surface area contributed by atoms with Gasteiger partial charge in [-0.15, -0.1) is 0 Å². The Bertz CT molecular complexity index is 1310. The topological polar surface area (TPSA) is 55.1 Å². The van der Waals surface area contributed by atoms with Crippen LogP contribution in [0.25, 0.3) is 5.69 Å². The van der Waals surface area contributed by atoms with Crippen molar-refractivity contribution in [1.29, 1.82) is 0 Å². The molecule has 0 aliphatic rings. The van der Waals surface area contributed by atoms with E-state index in [1.54, 1.807) is 0 Å². The molecule has 0 spiro atoms. The standard InChI is InChI=1S/C18H5F11N2O2.Zn/c1-3-6(16(32)4-2-5(19)9(21)12(24)8(4)20)17(33)31(30-3)15-13(25)10(22)7(18(27,28)29)11(23)14(15)26;/h2,33H,1H3;. The summed E-state index contributed by atoms with van der Waals surface area (Å²) < 4.78 is 148. The molecule has 2 aromatic carbocycles. The molecule has 3 rings (SSSR count). The Labute approximate surface area is 193 Å². The van der Waals surface area contributed by atoms with Crippen LogP contribution in [0.2, 0.25) is 0 Å². The average Bonchev–Trinajstić information content (AvgIpc) is 3.00. The van der Waals surface area contributed by atoms with Crippen molar-refractivity contribution in [2.45, 2.75) is 13.1 Å². The van der Waals surface area contributed by atoms with Crippen molar-refractivity contribution in [3.8, 4) is 11.6 Å². The number of carbonyl (C=O) groups is 1. The quantitative estimate of drug-likeness (QED) is 0.158. The predicted molar refractivity (Wildman–Crippen MR) is 84.5 cm³/mol. The van der Waals surface area contributed by atoms with Crippen LogP contribution in [0.3, 0.4) is 0 Å². The monoisotopic (exact) mass is 554 g/mol. The maximum absolute atomic E-state index is 14.2. The zero-order valence-electron chi connectivity index (χ0n) is 16.2. The summed E-state index contributed by atoms with van der Waals surface area (Å²) in [4.78, 5) is 12.5. The number of carbonyl (C=O) groups excluding carboxylic acids is 1. The van der Waals surface area contributed by atoms with Gasteiger partial charge >= 0.3 is 6.18 Å². The van der Waals surface area contributed by atoms with E-state index in [-0.39, 0.29) is 25.5 Å². The number of ketones is 1. The zero-order chi connectivity index (χ0) is 25.2. The molecule has 1 N–H and O–H groups in total. The van der Waals surface area contributed by atoms with E-state index in [2.05, 4.69) is 5.10 Å². The maximum Gasteiger partial charge on any atom is 0.422 e. The summed E-state index contributed by atoms with van der Waals surface area (Å²) in [7, 11) is 0. The molecule has 1 heterocycles. The van der Waals surface area contributed by atoms with Gasteiger partial charge in [0.15, 0.2) is 46.5 Å². The van der Waals surface area contributed by atoms with Crippen molar-refractivity contribution in [3.05, 3.63) is 75.0 Å². The zero-order valence-corrected chi connectivity index (χ0v) is 19.2. The van der Waals surface area contributed by atoms with E-state index in [9.17, 15) is 58.2 Å². The molecule has 0 amide bonds. The van der Waals surface area contributed by atoms with Crippen LogP contribution in [0.4, 0.5) is 48.3 Å². The third-order valence-electron chi connectivity index (χ3n) is 4.35. The molecule has 16 heteroatoms. The number of hydrogen-bond acceptors (Lipinski definition) is 3. The molecule has 0 fully saturated rings. The van der Waals surface area contributed by atoms with Crippen molar-refractivity contribution < 1.29 is 77.7 Å². The fraction of sp³-hybridized carbons (Fsp3) is 0.111. The normalized spacial score (nSPS) is 11.5. The van der Waals surface area contributed by atoms with Crippen LogP contribution < -0.4 is 0 Å². The molecular formula is C18H5F11N2O2Zn. The van der Waals surface area contributed by atoms with E-state index in [0.717, 1.165) is 6.92 Å². The number of nitrogens with zero attached hydrogens (tertiary/aromatic N) is 2. The Kier molecular flexibility index (Phi) is 7.18. The molecular weight excluding hydrogens is 551 g/mol. The minimum absolute atomic E-state index is 0. The molecule has 4 nitrogen and oxygen atoms in total. The van der Waals surface area contributed by atoms with Crippen LogP contribution in [-0.2, 0) is 25.7 Å². The molecule has 3 aromatic rings. The van der Waals surface area contributed by atoms with Crippen molar-refractivity contribution in [3.63, 3.8) is 0 Å². The van der Waals surface area contributed by atoms with Crippen molar-refractivity contribution in [2.24, 2.45) is 0 Å². The van der Waals surface area contributed by atoms with Crippen LogP contribution in [0.15, 0.2) is 6.07 Å². The third kappa shape index (κ3) is 4.03. The van der Waals surface area contributed by atoms with E-state index < -0.39 is 97.1 Å². The maximum atomic E-state index is 14.2. The van der Waals surface area contributed by atoms with E-state index in [1.165, 1.54) is 0 Å². The number of aromatic hydroxyl groups is 1. The molecule has 0 aliphatic heterocycles. The van der Waals surface area contributed by atoms with Gasteiger partial charge in [-0.2, -0.15) is 23.0 Å². The summed E-state index contributed by atoms with van der Waals surface area (Å²) in [5.41, 5.74) is -8.48. The fourth-order valence-corrected chi connectivity index (χ4v) is 2.86. The Hall–Kier alpha value is -3.03. The molecule has 0 atom stereocenters. The summed E-state index contributed by atoms with van der Waals surface area (Å²) in [5, 5.41) is 13.3. The van der Waals surface area contributed by atoms with E-state index >= 15 is 0 Å². The summed E-state index contributed by atoms with van der Waals surface area (Å²) in [5.74, 6) is -23.7. The molecule has 0 bridgehead atoms. The summed E-state index contributed by atoms with van der Waals surface area (Å²) in [6.07, 6.45) is -5.87. The minimum Gasteiger partial charge on any atom is -0.493 e.